The van der Waals surface area contributed by atoms with Crippen molar-refractivity contribution in [3.05, 3.63) is 96.3 Å². The maximum Gasteiger partial charge on any atom is 0.330 e. The predicted octanol–water partition coefficient (Wildman–Crippen LogP) is 3.91. The number of nitro groups is 1. The molecule has 0 spiro atoms. The molecule has 164 valence electrons. The molecule has 0 saturated heterocycles. The Bertz CT molecular complexity index is 1730. The number of non-ortho nitro benzene ring substituents is 1. The van der Waals surface area contributed by atoms with Crippen LogP contribution in [0.5, 0.6) is 0 Å². The highest BCUT2D eigenvalue weighted by molar-refractivity contribution is 9.10. The van der Waals surface area contributed by atoms with E-state index in [1.54, 1.807) is 30.1 Å². The van der Waals surface area contributed by atoms with Crippen molar-refractivity contribution < 1.29 is 4.92 Å². The van der Waals surface area contributed by atoms with Crippen LogP contribution in [-0.2, 0) is 14.1 Å². The van der Waals surface area contributed by atoms with Crippen LogP contribution in [0.4, 0.5) is 5.69 Å². The molecule has 3 aromatic heterocycles. The van der Waals surface area contributed by atoms with Gasteiger partial charge in [0.25, 0.3) is 11.2 Å². The van der Waals surface area contributed by atoms with Crippen molar-refractivity contribution in [1.82, 2.24) is 18.7 Å². The summed E-state index contributed by atoms with van der Waals surface area (Å²) in [7, 11) is 2.99. The van der Waals surface area contributed by atoms with E-state index in [-0.39, 0.29) is 11.1 Å². The number of hydrogen-bond acceptors (Lipinski definition) is 5. The van der Waals surface area contributed by atoms with E-state index in [4.69, 9.17) is 0 Å². The molecule has 0 amide bonds. The van der Waals surface area contributed by atoms with E-state index >= 15 is 0 Å². The van der Waals surface area contributed by atoms with E-state index in [1.807, 2.05) is 30.3 Å². The lowest BCUT2D eigenvalue weighted by Crippen LogP contribution is -2.36. The van der Waals surface area contributed by atoms with Gasteiger partial charge >= 0.3 is 5.69 Å². The van der Waals surface area contributed by atoms with E-state index in [0.29, 0.717) is 26.9 Å². The number of halogens is 1. The van der Waals surface area contributed by atoms with Gasteiger partial charge in [0.1, 0.15) is 0 Å². The lowest BCUT2D eigenvalue weighted by atomic mass is 10.1. The fraction of sp³-hybridized carbons (Fsp3) is 0.0870. The van der Waals surface area contributed by atoms with E-state index < -0.39 is 16.2 Å². The van der Waals surface area contributed by atoms with E-state index in [2.05, 4.69) is 20.9 Å². The van der Waals surface area contributed by atoms with Crippen LogP contribution in [0.15, 0.2) is 75.0 Å². The number of benzene rings is 2. The van der Waals surface area contributed by atoms with Crippen molar-refractivity contribution in [2.45, 2.75) is 0 Å². The van der Waals surface area contributed by atoms with Crippen molar-refractivity contribution in [2.24, 2.45) is 14.1 Å². The summed E-state index contributed by atoms with van der Waals surface area (Å²) in [4.78, 5) is 41.4. The predicted molar refractivity (Wildman–Crippen MR) is 129 cm³/mol. The van der Waals surface area contributed by atoms with Crippen molar-refractivity contribution in [3.63, 3.8) is 0 Å². The topological polar surface area (TPSA) is 105 Å². The molecule has 0 aliphatic rings. The van der Waals surface area contributed by atoms with Gasteiger partial charge in [-0.25, -0.2) is 4.79 Å². The third kappa shape index (κ3) is 3.18. The van der Waals surface area contributed by atoms with E-state index in [1.165, 1.54) is 23.7 Å². The summed E-state index contributed by atoms with van der Waals surface area (Å²) in [5.41, 5.74) is 1.65. The Kier molecular flexibility index (Phi) is 4.75. The number of aryl methyl sites for hydroxylation is 1. The highest BCUT2D eigenvalue weighted by Crippen LogP contribution is 2.37. The molecule has 9 nitrogen and oxygen atoms in total. The van der Waals surface area contributed by atoms with Crippen LogP contribution in [0.3, 0.4) is 0 Å². The molecule has 3 heterocycles. The zero-order valence-corrected chi connectivity index (χ0v) is 19.1. The normalized spacial score (nSPS) is 11.4. The average Bonchev–Trinajstić information content (AvgIpc) is 3.22. The molecule has 10 heteroatoms. The molecule has 0 fully saturated rings. The first-order valence-corrected chi connectivity index (χ1v) is 10.7. The monoisotopic (exact) mass is 505 g/mol. The van der Waals surface area contributed by atoms with Gasteiger partial charge in [0.15, 0.2) is 0 Å². The van der Waals surface area contributed by atoms with E-state index in [9.17, 15) is 19.7 Å². The molecule has 0 unspecified atom stereocenters. The third-order valence-corrected chi connectivity index (χ3v) is 6.40. The number of aromatic nitrogens is 4. The van der Waals surface area contributed by atoms with Crippen molar-refractivity contribution in [1.29, 1.82) is 0 Å². The minimum absolute atomic E-state index is 0.118. The van der Waals surface area contributed by atoms with Gasteiger partial charge < -0.3 is 4.57 Å². The third-order valence-electron chi connectivity index (χ3n) is 5.71. The van der Waals surface area contributed by atoms with Gasteiger partial charge in [0, 0.05) is 47.8 Å². The summed E-state index contributed by atoms with van der Waals surface area (Å²) in [5, 5.41) is 12.6. The van der Waals surface area contributed by atoms with E-state index in [0.717, 1.165) is 15.5 Å². The second kappa shape index (κ2) is 7.52. The van der Waals surface area contributed by atoms with Crippen molar-refractivity contribution in [2.75, 3.05) is 0 Å². The van der Waals surface area contributed by atoms with Crippen LogP contribution in [0, 0.1) is 10.1 Å². The smallest absolute Gasteiger partial charge is 0.312 e. The summed E-state index contributed by atoms with van der Waals surface area (Å²) < 4.78 is 4.73. The first-order valence-electron chi connectivity index (χ1n) is 9.88. The van der Waals surface area contributed by atoms with Crippen molar-refractivity contribution in [3.8, 4) is 16.9 Å². The van der Waals surface area contributed by atoms with Crippen LogP contribution in [0.1, 0.15) is 0 Å². The lowest BCUT2D eigenvalue weighted by Gasteiger charge is -2.12. The number of fused-ring (bicyclic) bond motifs is 2. The number of hydrogen-bond donors (Lipinski definition) is 0. The number of nitro benzene ring substituents is 1. The fourth-order valence-corrected chi connectivity index (χ4v) is 4.44. The number of nitrogens with zero attached hydrogens (tertiary/aromatic N) is 5. The van der Waals surface area contributed by atoms with Crippen LogP contribution in [-0.4, -0.2) is 23.6 Å². The quantitative estimate of drug-likeness (QED) is 0.273. The number of rotatable bonds is 3. The van der Waals surface area contributed by atoms with Gasteiger partial charge in [-0.3, -0.25) is 29.0 Å². The minimum atomic E-state index is -0.492. The second-order valence-corrected chi connectivity index (χ2v) is 8.48. The molecule has 2 aromatic carbocycles. The van der Waals surface area contributed by atoms with Crippen LogP contribution in [0.2, 0.25) is 0 Å². The summed E-state index contributed by atoms with van der Waals surface area (Å²) in [5.74, 6) is 0. The van der Waals surface area contributed by atoms with Gasteiger partial charge in [-0.05, 0) is 18.2 Å². The first kappa shape index (κ1) is 20.8. The Balaban J connectivity index is 1.97. The SMILES string of the molecule is Cn1c(=O)c2c(-c3cc([N+](=O)[O-])ccc3Br)n(-c3cnc4ccccc4c3)cc2n(C)c1=O. The average molecular weight is 506 g/mol. The molecular formula is C23H16BrN5O4. The lowest BCUT2D eigenvalue weighted by molar-refractivity contribution is -0.384. The molecule has 0 radical (unpaired) electrons. The van der Waals surface area contributed by atoms with Crippen LogP contribution >= 0.6 is 15.9 Å². The summed E-state index contributed by atoms with van der Waals surface area (Å²) >= 11 is 3.48. The Hall–Kier alpha value is -4.05. The molecule has 0 N–H and O–H groups in total. The van der Waals surface area contributed by atoms with Gasteiger partial charge in [-0.2, -0.15) is 0 Å². The Morgan fingerprint density at radius 1 is 1.03 bits per heavy atom. The second-order valence-electron chi connectivity index (χ2n) is 7.62. The molecule has 0 saturated carbocycles. The Labute approximate surface area is 194 Å². The molecule has 0 aliphatic heterocycles. The molecule has 0 atom stereocenters. The largest absolute Gasteiger partial charge is 0.330 e. The molecule has 0 aliphatic carbocycles. The Morgan fingerprint density at radius 3 is 2.55 bits per heavy atom. The minimum Gasteiger partial charge on any atom is -0.312 e. The summed E-state index contributed by atoms with van der Waals surface area (Å²) in [6, 6.07) is 13.9. The van der Waals surface area contributed by atoms with Gasteiger partial charge in [0.2, 0.25) is 0 Å². The molecule has 5 rings (SSSR count). The van der Waals surface area contributed by atoms with Crippen LogP contribution in [0.25, 0.3) is 38.8 Å². The number of para-hydroxylation sites is 1. The fourth-order valence-electron chi connectivity index (χ4n) is 4.01. The molecule has 0 bridgehead atoms. The highest BCUT2D eigenvalue weighted by atomic mass is 79.9. The van der Waals surface area contributed by atoms with Gasteiger partial charge in [0.05, 0.1) is 38.9 Å². The van der Waals surface area contributed by atoms with Crippen LogP contribution < -0.4 is 11.2 Å². The van der Waals surface area contributed by atoms with Gasteiger partial charge in [-0.15, -0.1) is 0 Å². The highest BCUT2D eigenvalue weighted by Gasteiger charge is 2.23. The zero-order valence-electron chi connectivity index (χ0n) is 17.5. The maximum atomic E-state index is 13.3. The summed E-state index contributed by atoms with van der Waals surface area (Å²) in [6.45, 7) is 0. The Morgan fingerprint density at radius 2 is 1.79 bits per heavy atom. The molecule has 5 aromatic rings. The first-order chi connectivity index (χ1) is 15.8. The number of pyridine rings is 1. The zero-order chi connectivity index (χ0) is 23.4. The summed E-state index contributed by atoms with van der Waals surface area (Å²) in [6.07, 6.45) is 3.35. The molecule has 33 heavy (non-hydrogen) atoms. The maximum absolute atomic E-state index is 13.3. The van der Waals surface area contributed by atoms with Gasteiger partial charge in [-0.1, -0.05) is 34.1 Å². The standard InChI is InChI=1S/C23H16BrN5O4/c1-26-19-12-28(15-9-13-5-3-4-6-18(13)25-11-15)21(20(19)22(30)27(2)23(26)31)16-10-14(29(32)33)7-8-17(16)24/h3-12H,1-2H3. The molecular weight excluding hydrogens is 490 g/mol. The van der Waals surface area contributed by atoms with Crippen molar-refractivity contribution >= 4 is 43.4 Å².